The molecular weight excluding hydrogens is 270 g/mol. The number of aryl methyl sites for hydroxylation is 1. The highest BCUT2D eigenvalue weighted by atomic mass is 16.2. The first-order valence-corrected chi connectivity index (χ1v) is 6.58. The van der Waals surface area contributed by atoms with Gasteiger partial charge in [0.05, 0.1) is 0 Å². The zero-order valence-electron chi connectivity index (χ0n) is 12.4. The molecule has 0 bridgehead atoms. The van der Waals surface area contributed by atoms with E-state index < -0.39 is 11.2 Å². The Kier molecular flexibility index (Phi) is 4.23. The van der Waals surface area contributed by atoms with Crippen LogP contribution in [0.1, 0.15) is 11.1 Å². The monoisotopic (exact) mass is 289 g/mol. The van der Waals surface area contributed by atoms with Crippen molar-refractivity contribution >= 4 is 5.82 Å². The Balaban J connectivity index is 2.40. The average molecular weight is 289 g/mol. The molecular formula is C14H19N5O2. The van der Waals surface area contributed by atoms with E-state index in [-0.39, 0.29) is 5.82 Å². The maximum absolute atomic E-state index is 12.1. The molecule has 1 aromatic carbocycles. The summed E-state index contributed by atoms with van der Waals surface area (Å²) in [5.74, 6) is 0.228. The van der Waals surface area contributed by atoms with Crippen LogP contribution in [0.5, 0.6) is 0 Å². The summed E-state index contributed by atoms with van der Waals surface area (Å²) in [5.41, 5.74) is 6.91. The number of nitrogens with two attached hydrogens (primary N) is 1. The summed E-state index contributed by atoms with van der Waals surface area (Å²) in [6, 6.07) is 7.77. The zero-order valence-corrected chi connectivity index (χ0v) is 12.4. The molecule has 2 N–H and O–H groups in total. The predicted octanol–water partition coefficient (Wildman–Crippen LogP) is -0.426. The molecule has 0 spiro atoms. The van der Waals surface area contributed by atoms with Gasteiger partial charge in [-0.05, 0) is 11.1 Å². The first-order chi connectivity index (χ1) is 9.95. The molecule has 0 atom stereocenters. The Bertz CT molecular complexity index is 763. The van der Waals surface area contributed by atoms with Gasteiger partial charge >= 0.3 is 5.69 Å². The Morgan fingerprint density at radius 2 is 1.81 bits per heavy atom. The molecule has 0 aliphatic rings. The van der Waals surface area contributed by atoms with E-state index in [0.29, 0.717) is 13.1 Å². The van der Waals surface area contributed by atoms with Crippen LogP contribution in [-0.4, -0.2) is 21.4 Å². The fraction of sp³-hybridized carbons (Fsp3) is 0.357. The molecule has 7 nitrogen and oxygen atoms in total. The summed E-state index contributed by atoms with van der Waals surface area (Å²) in [5, 5.41) is 4.05. The van der Waals surface area contributed by atoms with E-state index in [0.717, 1.165) is 20.4 Å². The minimum Gasteiger partial charge on any atom is -0.349 e. The number of hydrogen-bond acceptors (Lipinski definition) is 5. The van der Waals surface area contributed by atoms with Crippen LogP contribution in [0, 0.1) is 0 Å². The molecule has 21 heavy (non-hydrogen) atoms. The van der Waals surface area contributed by atoms with Crippen molar-refractivity contribution in [2.45, 2.75) is 13.1 Å². The standard InChI is InChI=1S/C14H19N5O2/c1-17(9-11-7-5-4-6-10(11)8-15)12-13(20)18(2)14(21)19(3)16-12/h4-7H,8-9,15H2,1-3H3. The van der Waals surface area contributed by atoms with Crippen LogP contribution in [0.4, 0.5) is 5.82 Å². The van der Waals surface area contributed by atoms with E-state index in [4.69, 9.17) is 5.73 Å². The SMILES string of the molecule is CN(Cc1ccccc1CN)c1nn(C)c(=O)n(C)c1=O. The number of rotatable bonds is 4. The molecule has 1 aromatic heterocycles. The lowest BCUT2D eigenvalue weighted by atomic mass is 10.1. The largest absolute Gasteiger partial charge is 0.349 e. The number of nitrogens with zero attached hydrogens (tertiary/aromatic N) is 4. The fourth-order valence-electron chi connectivity index (χ4n) is 2.16. The molecule has 0 amide bonds. The van der Waals surface area contributed by atoms with Crippen LogP contribution in [0.2, 0.25) is 0 Å². The van der Waals surface area contributed by atoms with Crippen molar-refractivity contribution in [1.82, 2.24) is 14.3 Å². The lowest BCUT2D eigenvalue weighted by molar-refractivity contribution is 0.593. The third-order valence-corrected chi connectivity index (χ3v) is 3.41. The number of hydrogen-bond donors (Lipinski definition) is 1. The lowest BCUT2D eigenvalue weighted by Gasteiger charge is -2.19. The van der Waals surface area contributed by atoms with Gasteiger partial charge < -0.3 is 10.6 Å². The summed E-state index contributed by atoms with van der Waals surface area (Å²) >= 11 is 0. The highest BCUT2D eigenvalue weighted by Gasteiger charge is 2.14. The van der Waals surface area contributed by atoms with E-state index in [1.54, 1.807) is 11.9 Å². The van der Waals surface area contributed by atoms with Gasteiger partial charge in [0.25, 0.3) is 5.56 Å². The molecule has 2 aromatic rings. The Hall–Kier alpha value is -2.41. The Morgan fingerprint density at radius 3 is 2.43 bits per heavy atom. The van der Waals surface area contributed by atoms with E-state index >= 15 is 0 Å². The Morgan fingerprint density at radius 1 is 1.19 bits per heavy atom. The average Bonchev–Trinajstić information content (AvgIpc) is 2.49. The lowest BCUT2D eigenvalue weighted by Crippen LogP contribution is -2.42. The van der Waals surface area contributed by atoms with Crippen LogP contribution < -0.4 is 21.9 Å². The fourth-order valence-corrected chi connectivity index (χ4v) is 2.16. The van der Waals surface area contributed by atoms with E-state index in [9.17, 15) is 9.59 Å². The Labute approximate surface area is 122 Å². The van der Waals surface area contributed by atoms with E-state index in [1.807, 2.05) is 24.3 Å². The summed E-state index contributed by atoms with van der Waals surface area (Å²) in [7, 11) is 4.73. The van der Waals surface area contributed by atoms with Crippen molar-refractivity contribution in [3.05, 3.63) is 56.2 Å². The van der Waals surface area contributed by atoms with Crippen molar-refractivity contribution in [1.29, 1.82) is 0 Å². The van der Waals surface area contributed by atoms with Crippen molar-refractivity contribution < 1.29 is 0 Å². The molecule has 112 valence electrons. The molecule has 7 heteroatoms. The van der Waals surface area contributed by atoms with Gasteiger partial charge in [0.1, 0.15) is 0 Å². The molecule has 0 aliphatic carbocycles. The highest BCUT2D eigenvalue weighted by Crippen LogP contribution is 2.12. The van der Waals surface area contributed by atoms with E-state index in [2.05, 4.69) is 5.10 Å². The minimum absolute atomic E-state index is 0.228. The van der Waals surface area contributed by atoms with Crippen LogP contribution >= 0.6 is 0 Å². The van der Waals surface area contributed by atoms with Gasteiger partial charge in [-0.25, -0.2) is 9.48 Å². The summed E-state index contributed by atoms with van der Waals surface area (Å²) in [4.78, 5) is 25.5. The predicted molar refractivity (Wildman–Crippen MR) is 81.2 cm³/mol. The van der Waals surface area contributed by atoms with Crippen molar-refractivity contribution in [3.8, 4) is 0 Å². The zero-order chi connectivity index (χ0) is 15.6. The van der Waals surface area contributed by atoms with Crippen molar-refractivity contribution in [3.63, 3.8) is 0 Å². The van der Waals surface area contributed by atoms with Crippen molar-refractivity contribution in [2.24, 2.45) is 19.8 Å². The maximum atomic E-state index is 12.1. The molecule has 0 aliphatic heterocycles. The quantitative estimate of drug-likeness (QED) is 0.825. The molecule has 2 rings (SSSR count). The third kappa shape index (κ3) is 2.87. The molecule has 1 heterocycles. The molecule has 0 radical (unpaired) electrons. The van der Waals surface area contributed by atoms with Crippen molar-refractivity contribution in [2.75, 3.05) is 11.9 Å². The topological polar surface area (TPSA) is 86.2 Å². The van der Waals surface area contributed by atoms with Crippen LogP contribution in [0.15, 0.2) is 33.9 Å². The molecule has 0 saturated heterocycles. The normalized spacial score (nSPS) is 10.7. The summed E-state index contributed by atoms with van der Waals surface area (Å²) in [6.45, 7) is 0.927. The number of anilines is 1. The second-order valence-corrected chi connectivity index (χ2v) is 4.92. The third-order valence-electron chi connectivity index (χ3n) is 3.41. The second kappa shape index (κ2) is 5.92. The van der Waals surface area contributed by atoms with Gasteiger partial charge in [0, 0.05) is 34.2 Å². The second-order valence-electron chi connectivity index (χ2n) is 4.92. The van der Waals surface area contributed by atoms with Crippen LogP contribution in [0.25, 0.3) is 0 Å². The highest BCUT2D eigenvalue weighted by molar-refractivity contribution is 5.37. The first-order valence-electron chi connectivity index (χ1n) is 6.58. The molecule has 0 unspecified atom stereocenters. The van der Waals surface area contributed by atoms with Gasteiger partial charge in [0.15, 0.2) is 0 Å². The number of benzene rings is 1. The van der Waals surface area contributed by atoms with Gasteiger partial charge in [-0.15, -0.1) is 5.10 Å². The van der Waals surface area contributed by atoms with Gasteiger partial charge in [-0.2, -0.15) is 0 Å². The first kappa shape index (κ1) is 15.0. The maximum Gasteiger partial charge on any atom is 0.346 e. The smallest absolute Gasteiger partial charge is 0.346 e. The van der Waals surface area contributed by atoms with Gasteiger partial charge in [0.2, 0.25) is 5.82 Å². The van der Waals surface area contributed by atoms with Crippen LogP contribution in [0.3, 0.4) is 0 Å². The molecule has 0 fully saturated rings. The molecule has 0 saturated carbocycles. The van der Waals surface area contributed by atoms with Gasteiger partial charge in [-0.3, -0.25) is 9.36 Å². The summed E-state index contributed by atoms with van der Waals surface area (Å²) < 4.78 is 2.20. The van der Waals surface area contributed by atoms with E-state index in [1.165, 1.54) is 14.1 Å². The van der Waals surface area contributed by atoms with Crippen LogP contribution in [-0.2, 0) is 27.2 Å². The van der Waals surface area contributed by atoms with Gasteiger partial charge in [-0.1, -0.05) is 24.3 Å². The number of aromatic nitrogens is 3. The minimum atomic E-state index is -0.445. The summed E-state index contributed by atoms with van der Waals surface area (Å²) in [6.07, 6.45) is 0.